The summed E-state index contributed by atoms with van der Waals surface area (Å²) in [5.74, 6) is 0.596. The first-order valence-electron chi connectivity index (χ1n) is 9.65. The quantitative estimate of drug-likeness (QED) is 0.621. The summed E-state index contributed by atoms with van der Waals surface area (Å²) in [4.78, 5) is 33.4. The fraction of sp³-hybridized carbons (Fsp3) is 0.286. The number of hydrogen-bond acceptors (Lipinski definition) is 8. The molecule has 0 radical (unpaired) electrons. The molecule has 2 aromatic heterocycles. The van der Waals surface area contributed by atoms with E-state index in [2.05, 4.69) is 20.4 Å². The number of rotatable bonds is 5. The summed E-state index contributed by atoms with van der Waals surface area (Å²) in [6.07, 6.45) is 0. The molecule has 0 atom stereocenters. The van der Waals surface area contributed by atoms with Crippen LogP contribution in [0, 0.1) is 20.8 Å². The van der Waals surface area contributed by atoms with Crippen LogP contribution in [-0.4, -0.2) is 51.4 Å². The fourth-order valence-electron chi connectivity index (χ4n) is 3.11. The number of amides is 1. The highest BCUT2D eigenvalue weighted by atomic mass is 16.6. The molecule has 1 aromatic carbocycles. The Balaban J connectivity index is 1.42. The van der Waals surface area contributed by atoms with Gasteiger partial charge in [-0.25, -0.2) is 14.8 Å². The summed E-state index contributed by atoms with van der Waals surface area (Å²) in [6.45, 7) is 5.89. The Bertz CT molecular complexity index is 1140. The number of benzene rings is 1. The molecule has 1 aliphatic rings. The molecule has 1 amide bonds. The number of fused-ring (bicyclic) bond motifs is 1. The second kappa shape index (κ2) is 8.42. The molecule has 1 aliphatic heterocycles. The predicted molar refractivity (Wildman–Crippen MR) is 110 cm³/mol. The van der Waals surface area contributed by atoms with Crippen LogP contribution < -0.4 is 14.8 Å². The first-order valence-corrected chi connectivity index (χ1v) is 9.65. The van der Waals surface area contributed by atoms with Crippen molar-refractivity contribution in [2.24, 2.45) is 0 Å². The third-order valence-electron chi connectivity index (χ3n) is 4.37. The third kappa shape index (κ3) is 4.63. The smallest absolute Gasteiger partial charge is 0.338 e. The number of nitrogens with one attached hydrogen (secondary N) is 1. The molecular weight excluding hydrogens is 402 g/mol. The van der Waals surface area contributed by atoms with Gasteiger partial charge in [0, 0.05) is 17.5 Å². The third-order valence-corrected chi connectivity index (χ3v) is 4.37. The Labute approximate surface area is 178 Å². The van der Waals surface area contributed by atoms with Crippen molar-refractivity contribution in [2.75, 3.05) is 25.1 Å². The molecule has 0 saturated carbocycles. The zero-order chi connectivity index (χ0) is 22.0. The molecule has 0 aliphatic carbocycles. The van der Waals surface area contributed by atoms with Crippen LogP contribution in [0.3, 0.4) is 0 Å². The van der Waals surface area contributed by atoms with E-state index >= 15 is 0 Å². The Hall–Kier alpha value is -3.95. The Kier molecular flexibility index (Phi) is 5.52. The van der Waals surface area contributed by atoms with E-state index in [1.165, 1.54) is 10.7 Å². The minimum Gasteiger partial charge on any atom is -0.486 e. The van der Waals surface area contributed by atoms with Crippen molar-refractivity contribution in [3.05, 3.63) is 53.0 Å². The minimum absolute atomic E-state index is 0.265. The molecule has 0 saturated heterocycles. The van der Waals surface area contributed by atoms with Gasteiger partial charge < -0.3 is 19.5 Å². The second-order valence-electron chi connectivity index (χ2n) is 7.02. The van der Waals surface area contributed by atoms with E-state index in [1.807, 2.05) is 19.9 Å². The van der Waals surface area contributed by atoms with Crippen molar-refractivity contribution in [3.8, 4) is 17.4 Å². The Morgan fingerprint density at radius 1 is 1.00 bits per heavy atom. The SMILES string of the molecule is Cc1cc(C)nc(-n2nc(C)cc2NC(=O)COC(=O)c2ccc3c(c2)OCCO3)n1. The number of carbonyl (C=O) groups is 2. The molecule has 10 heteroatoms. The molecule has 10 nitrogen and oxygen atoms in total. The standard InChI is InChI=1S/C21H21N5O5/c1-12-8-13(2)23-21(22-12)26-18(9-14(3)25-26)24-19(27)11-31-20(28)15-4-5-16-17(10-15)30-7-6-29-16/h4-5,8-10H,6-7,11H2,1-3H3,(H,24,27). The maximum Gasteiger partial charge on any atom is 0.338 e. The molecule has 0 spiro atoms. The van der Waals surface area contributed by atoms with Gasteiger partial charge in [0.2, 0.25) is 0 Å². The van der Waals surface area contributed by atoms with Crippen molar-refractivity contribution in [3.63, 3.8) is 0 Å². The number of carbonyl (C=O) groups excluding carboxylic acids is 2. The predicted octanol–water partition coefficient (Wildman–Crippen LogP) is 2.15. The van der Waals surface area contributed by atoms with Gasteiger partial charge in [-0.15, -0.1) is 0 Å². The number of aromatic nitrogens is 4. The lowest BCUT2D eigenvalue weighted by Gasteiger charge is -2.18. The molecule has 3 aromatic rings. The van der Waals surface area contributed by atoms with Gasteiger partial charge in [0.25, 0.3) is 11.9 Å². The topological polar surface area (TPSA) is 117 Å². The summed E-state index contributed by atoms with van der Waals surface area (Å²) >= 11 is 0. The highest BCUT2D eigenvalue weighted by molar-refractivity contribution is 5.95. The summed E-state index contributed by atoms with van der Waals surface area (Å²) in [5, 5.41) is 7.03. The van der Waals surface area contributed by atoms with Crippen LogP contribution in [0.1, 0.15) is 27.4 Å². The number of ether oxygens (including phenoxy) is 3. The highest BCUT2D eigenvalue weighted by Crippen LogP contribution is 2.30. The average molecular weight is 423 g/mol. The molecule has 0 fully saturated rings. The van der Waals surface area contributed by atoms with Gasteiger partial charge in [-0.2, -0.15) is 9.78 Å². The number of aryl methyl sites for hydroxylation is 3. The first-order chi connectivity index (χ1) is 14.9. The van der Waals surface area contributed by atoms with Crippen molar-refractivity contribution in [1.82, 2.24) is 19.7 Å². The zero-order valence-electron chi connectivity index (χ0n) is 17.3. The molecule has 160 valence electrons. The number of esters is 1. The van der Waals surface area contributed by atoms with Crippen molar-refractivity contribution in [1.29, 1.82) is 0 Å². The van der Waals surface area contributed by atoms with Gasteiger partial charge in [-0.1, -0.05) is 0 Å². The van der Waals surface area contributed by atoms with E-state index in [-0.39, 0.29) is 5.56 Å². The molecule has 0 bridgehead atoms. The highest BCUT2D eigenvalue weighted by Gasteiger charge is 2.18. The molecule has 3 heterocycles. The summed E-state index contributed by atoms with van der Waals surface area (Å²) in [5.41, 5.74) is 2.50. The van der Waals surface area contributed by atoms with Gasteiger partial charge in [-0.05, 0) is 45.0 Å². The molecular formula is C21H21N5O5. The van der Waals surface area contributed by atoms with Crippen LogP contribution in [0.4, 0.5) is 5.82 Å². The normalized spacial score (nSPS) is 12.4. The zero-order valence-corrected chi connectivity index (χ0v) is 17.3. The lowest BCUT2D eigenvalue weighted by atomic mass is 10.2. The fourth-order valence-corrected chi connectivity index (χ4v) is 3.11. The average Bonchev–Trinajstić information content (AvgIpc) is 3.11. The summed E-state index contributed by atoms with van der Waals surface area (Å²) in [7, 11) is 0. The molecule has 31 heavy (non-hydrogen) atoms. The van der Waals surface area contributed by atoms with Crippen molar-refractivity contribution >= 4 is 17.7 Å². The first kappa shape index (κ1) is 20.3. The maximum atomic E-state index is 12.4. The molecule has 1 N–H and O–H groups in total. The van der Waals surface area contributed by atoms with E-state index in [0.717, 1.165) is 11.4 Å². The minimum atomic E-state index is -0.644. The Morgan fingerprint density at radius 2 is 1.71 bits per heavy atom. The summed E-state index contributed by atoms with van der Waals surface area (Å²) in [6, 6.07) is 8.25. The number of nitrogens with zero attached hydrogens (tertiary/aromatic N) is 4. The van der Waals surface area contributed by atoms with Crippen LogP contribution in [0.15, 0.2) is 30.3 Å². The van der Waals surface area contributed by atoms with Crippen LogP contribution in [0.25, 0.3) is 5.95 Å². The van der Waals surface area contributed by atoms with Crippen LogP contribution in [0.2, 0.25) is 0 Å². The van der Waals surface area contributed by atoms with Gasteiger partial charge in [0.05, 0.1) is 11.3 Å². The lowest BCUT2D eigenvalue weighted by Crippen LogP contribution is -2.23. The van der Waals surface area contributed by atoms with Gasteiger partial charge >= 0.3 is 5.97 Å². The maximum absolute atomic E-state index is 12.4. The van der Waals surface area contributed by atoms with E-state index in [0.29, 0.717) is 42.2 Å². The van der Waals surface area contributed by atoms with Gasteiger partial charge in [-0.3, -0.25) is 4.79 Å². The van der Waals surface area contributed by atoms with Crippen LogP contribution in [0.5, 0.6) is 11.5 Å². The number of anilines is 1. The van der Waals surface area contributed by atoms with Crippen molar-refractivity contribution < 1.29 is 23.8 Å². The number of hydrogen-bond donors (Lipinski definition) is 1. The van der Waals surface area contributed by atoms with Gasteiger partial charge in [0.1, 0.15) is 19.0 Å². The van der Waals surface area contributed by atoms with E-state index in [9.17, 15) is 9.59 Å². The molecule has 4 rings (SSSR count). The van der Waals surface area contributed by atoms with E-state index in [1.54, 1.807) is 25.1 Å². The second-order valence-corrected chi connectivity index (χ2v) is 7.02. The summed E-state index contributed by atoms with van der Waals surface area (Å²) < 4.78 is 17.5. The van der Waals surface area contributed by atoms with E-state index in [4.69, 9.17) is 14.2 Å². The Morgan fingerprint density at radius 3 is 2.45 bits per heavy atom. The monoisotopic (exact) mass is 423 g/mol. The van der Waals surface area contributed by atoms with Crippen molar-refractivity contribution in [2.45, 2.75) is 20.8 Å². The lowest BCUT2D eigenvalue weighted by molar-refractivity contribution is -0.119. The van der Waals surface area contributed by atoms with Crippen LogP contribution in [-0.2, 0) is 9.53 Å². The van der Waals surface area contributed by atoms with Crippen LogP contribution >= 0.6 is 0 Å². The van der Waals surface area contributed by atoms with Gasteiger partial charge in [0.15, 0.2) is 18.1 Å². The largest absolute Gasteiger partial charge is 0.486 e. The van der Waals surface area contributed by atoms with E-state index < -0.39 is 18.5 Å². The molecule has 0 unspecified atom stereocenters.